The molecule has 0 saturated heterocycles. The fraction of sp³-hybridized carbons (Fsp3) is 0.0455. The lowest BCUT2D eigenvalue weighted by atomic mass is 10.0. The number of benzene rings is 3. The number of nitrogens with one attached hydrogen (secondary N) is 1. The number of amides is 1. The molecule has 3 aromatic rings. The third-order valence-corrected chi connectivity index (χ3v) is 4.05. The summed E-state index contributed by atoms with van der Waals surface area (Å²) >= 11 is 0. The molecule has 0 saturated carbocycles. The molecule has 0 radical (unpaired) electrons. The number of non-ortho nitro benzene ring substituents is 1. The number of nitrogens with zero attached hydrogens (tertiary/aromatic N) is 1. The number of nitro groups is 1. The summed E-state index contributed by atoms with van der Waals surface area (Å²) in [6, 6.07) is 23.1. The molecule has 27 heavy (non-hydrogen) atoms. The number of carbonyl (C=O) groups is 1. The minimum absolute atomic E-state index is 0.0217. The van der Waals surface area contributed by atoms with Gasteiger partial charge in [0.05, 0.1) is 4.92 Å². The number of rotatable bonds is 5. The average molecular weight is 358 g/mol. The molecule has 0 spiro atoms. The molecule has 3 aromatic carbocycles. The molecule has 5 heteroatoms. The van der Waals surface area contributed by atoms with Gasteiger partial charge < -0.3 is 5.32 Å². The fourth-order valence-corrected chi connectivity index (χ4v) is 2.59. The average Bonchev–Trinajstić information content (AvgIpc) is 2.68. The summed E-state index contributed by atoms with van der Waals surface area (Å²) in [6.45, 7) is 1.99. The number of hydrogen-bond donors (Lipinski definition) is 1. The number of nitro benzene ring substituents is 1. The first-order valence-electron chi connectivity index (χ1n) is 8.42. The van der Waals surface area contributed by atoms with Crippen LogP contribution in [0.15, 0.2) is 78.9 Å². The molecule has 0 aliphatic heterocycles. The minimum atomic E-state index is -0.474. The Labute approximate surface area is 157 Å². The van der Waals surface area contributed by atoms with E-state index in [1.54, 1.807) is 0 Å². The predicted molar refractivity (Wildman–Crippen MR) is 107 cm³/mol. The summed E-state index contributed by atoms with van der Waals surface area (Å²) in [7, 11) is 0. The lowest BCUT2D eigenvalue weighted by Gasteiger charge is -2.10. The van der Waals surface area contributed by atoms with E-state index in [1.165, 1.54) is 24.3 Å². The summed E-state index contributed by atoms with van der Waals surface area (Å²) in [5.41, 5.74) is 3.80. The van der Waals surface area contributed by atoms with Gasteiger partial charge in [0.25, 0.3) is 11.6 Å². The Morgan fingerprint density at radius 3 is 2.15 bits per heavy atom. The van der Waals surface area contributed by atoms with Gasteiger partial charge in [0, 0.05) is 23.4 Å². The highest BCUT2D eigenvalue weighted by molar-refractivity contribution is 6.29. The highest BCUT2D eigenvalue weighted by atomic mass is 16.6. The molecule has 0 fully saturated rings. The van der Waals surface area contributed by atoms with Crippen molar-refractivity contribution in [3.63, 3.8) is 0 Å². The highest BCUT2D eigenvalue weighted by Gasteiger charge is 2.13. The molecule has 5 nitrogen and oxygen atoms in total. The van der Waals surface area contributed by atoms with Crippen LogP contribution < -0.4 is 5.32 Å². The van der Waals surface area contributed by atoms with E-state index in [4.69, 9.17) is 0 Å². The lowest BCUT2D eigenvalue weighted by molar-refractivity contribution is -0.384. The molecule has 134 valence electrons. The van der Waals surface area contributed by atoms with Gasteiger partial charge >= 0.3 is 0 Å². The maximum atomic E-state index is 12.9. The van der Waals surface area contributed by atoms with Crippen LogP contribution in [-0.4, -0.2) is 10.8 Å². The number of hydrogen-bond acceptors (Lipinski definition) is 3. The van der Waals surface area contributed by atoms with Crippen molar-refractivity contribution in [3.05, 3.63) is 106 Å². The van der Waals surface area contributed by atoms with Gasteiger partial charge in [-0.2, -0.15) is 0 Å². The van der Waals surface area contributed by atoms with Gasteiger partial charge in [0.2, 0.25) is 0 Å². The molecule has 0 aromatic heterocycles. The topological polar surface area (TPSA) is 72.2 Å². The molecule has 0 atom stereocenters. The van der Waals surface area contributed by atoms with Gasteiger partial charge in [-0.3, -0.25) is 14.9 Å². The largest absolute Gasteiger partial charge is 0.322 e. The van der Waals surface area contributed by atoms with Crippen molar-refractivity contribution >= 4 is 28.9 Å². The van der Waals surface area contributed by atoms with Crippen molar-refractivity contribution in [3.8, 4) is 0 Å². The van der Waals surface area contributed by atoms with Crippen LogP contribution in [-0.2, 0) is 4.79 Å². The first kappa shape index (κ1) is 18.1. The van der Waals surface area contributed by atoms with Crippen LogP contribution in [0, 0.1) is 17.0 Å². The highest BCUT2D eigenvalue weighted by Crippen LogP contribution is 2.22. The van der Waals surface area contributed by atoms with Crippen molar-refractivity contribution in [2.24, 2.45) is 0 Å². The van der Waals surface area contributed by atoms with E-state index in [2.05, 4.69) is 5.32 Å². The Morgan fingerprint density at radius 1 is 0.926 bits per heavy atom. The van der Waals surface area contributed by atoms with Gasteiger partial charge in [-0.05, 0) is 36.3 Å². The summed E-state index contributed by atoms with van der Waals surface area (Å²) < 4.78 is 0. The van der Waals surface area contributed by atoms with Gasteiger partial charge in [-0.1, -0.05) is 60.2 Å². The second-order valence-electron chi connectivity index (χ2n) is 6.09. The van der Waals surface area contributed by atoms with Crippen LogP contribution >= 0.6 is 0 Å². The number of aryl methyl sites for hydroxylation is 1. The number of anilines is 1. The van der Waals surface area contributed by atoms with E-state index >= 15 is 0 Å². The molecule has 1 amide bonds. The van der Waals surface area contributed by atoms with Crippen molar-refractivity contribution in [2.75, 3.05) is 5.32 Å². The minimum Gasteiger partial charge on any atom is -0.322 e. The van der Waals surface area contributed by atoms with Crippen LogP contribution in [0.5, 0.6) is 0 Å². The first-order chi connectivity index (χ1) is 13.0. The molecular weight excluding hydrogens is 340 g/mol. The number of carbonyl (C=O) groups excluding carboxylic acids is 1. The second kappa shape index (κ2) is 8.10. The van der Waals surface area contributed by atoms with E-state index in [1.807, 2.05) is 67.6 Å². The van der Waals surface area contributed by atoms with Gasteiger partial charge in [0.1, 0.15) is 0 Å². The van der Waals surface area contributed by atoms with E-state index < -0.39 is 4.92 Å². The van der Waals surface area contributed by atoms with Crippen molar-refractivity contribution in [2.45, 2.75) is 6.92 Å². The van der Waals surface area contributed by atoms with E-state index in [9.17, 15) is 14.9 Å². The van der Waals surface area contributed by atoms with E-state index in [0.717, 1.165) is 16.7 Å². The summed E-state index contributed by atoms with van der Waals surface area (Å²) in [5, 5.41) is 13.6. The monoisotopic (exact) mass is 358 g/mol. The third-order valence-electron chi connectivity index (χ3n) is 4.05. The van der Waals surface area contributed by atoms with Crippen LogP contribution in [0.4, 0.5) is 11.4 Å². The Hall–Kier alpha value is -3.73. The van der Waals surface area contributed by atoms with E-state index in [-0.39, 0.29) is 11.6 Å². The Bertz CT molecular complexity index is 976. The normalized spacial score (nSPS) is 11.1. The van der Waals surface area contributed by atoms with Gasteiger partial charge in [-0.15, -0.1) is 0 Å². The smallest absolute Gasteiger partial charge is 0.269 e. The lowest BCUT2D eigenvalue weighted by Crippen LogP contribution is -2.13. The SMILES string of the molecule is Cc1ccc(/C(=C\c2ccccc2)C(=O)Nc2ccc([N+](=O)[O-])cc2)cc1. The Kier molecular flexibility index (Phi) is 5.42. The Balaban J connectivity index is 1.92. The van der Waals surface area contributed by atoms with Crippen LogP contribution in [0.25, 0.3) is 11.6 Å². The van der Waals surface area contributed by atoms with E-state index in [0.29, 0.717) is 11.3 Å². The molecule has 0 unspecified atom stereocenters. The van der Waals surface area contributed by atoms with Crippen molar-refractivity contribution < 1.29 is 9.72 Å². The predicted octanol–water partition coefficient (Wildman–Crippen LogP) is 5.08. The van der Waals surface area contributed by atoms with Crippen LogP contribution in [0.1, 0.15) is 16.7 Å². The molecule has 0 bridgehead atoms. The van der Waals surface area contributed by atoms with Gasteiger partial charge in [-0.25, -0.2) is 0 Å². The maximum absolute atomic E-state index is 12.9. The molecule has 3 rings (SSSR count). The zero-order valence-corrected chi connectivity index (χ0v) is 14.8. The first-order valence-corrected chi connectivity index (χ1v) is 8.42. The third kappa shape index (κ3) is 4.67. The van der Waals surface area contributed by atoms with Gasteiger partial charge in [0.15, 0.2) is 0 Å². The standard InChI is InChI=1S/C22H18N2O3/c1-16-7-9-18(10-8-16)21(15-17-5-3-2-4-6-17)22(25)23-19-11-13-20(14-12-19)24(26)27/h2-15H,1H3,(H,23,25)/b21-15+. The fourth-order valence-electron chi connectivity index (χ4n) is 2.59. The molecular formula is C22H18N2O3. The zero-order chi connectivity index (χ0) is 19.2. The van der Waals surface area contributed by atoms with Crippen molar-refractivity contribution in [1.29, 1.82) is 0 Å². The molecule has 0 aliphatic carbocycles. The second-order valence-corrected chi connectivity index (χ2v) is 6.09. The van der Waals surface area contributed by atoms with Crippen LogP contribution in [0.3, 0.4) is 0 Å². The summed E-state index contributed by atoms with van der Waals surface area (Å²) in [4.78, 5) is 23.2. The molecule has 0 heterocycles. The summed E-state index contributed by atoms with van der Waals surface area (Å²) in [5.74, 6) is -0.281. The maximum Gasteiger partial charge on any atom is 0.269 e. The van der Waals surface area contributed by atoms with Crippen molar-refractivity contribution in [1.82, 2.24) is 0 Å². The Morgan fingerprint density at radius 2 is 1.56 bits per heavy atom. The summed E-state index contributed by atoms with van der Waals surface area (Å²) in [6.07, 6.45) is 1.82. The molecule has 0 aliphatic rings. The quantitative estimate of drug-likeness (QED) is 0.299. The zero-order valence-electron chi connectivity index (χ0n) is 14.8. The van der Waals surface area contributed by atoms with Crippen LogP contribution in [0.2, 0.25) is 0 Å². The molecule has 1 N–H and O–H groups in total.